The Kier molecular flexibility index (Phi) is 5.23. The molecule has 1 fully saturated rings. The fourth-order valence-corrected chi connectivity index (χ4v) is 5.19. The summed E-state index contributed by atoms with van der Waals surface area (Å²) in [5.74, 6) is -0.141. The summed E-state index contributed by atoms with van der Waals surface area (Å²) < 4.78 is 0. The molecule has 1 saturated heterocycles. The summed E-state index contributed by atoms with van der Waals surface area (Å²) in [6, 6.07) is 14.8. The van der Waals surface area contributed by atoms with Gasteiger partial charge in [-0.3, -0.25) is 10.2 Å². The molecule has 4 rings (SSSR count). The first-order valence-corrected chi connectivity index (χ1v) is 10.5. The number of rotatable bonds is 4. The topological polar surface area (TPSA) is 57.1 Å². The van der Waals surface area contributed by atoms with Crippen LogP contribution in [0.15, 0.2) is 54.7 Å². The molecular weight excluding hydrogens is 421 g/mol. The van der Waals surface area contributed by atoms with Gasteiger partial charge in [0.25, 0.3) is 5.91 Å². The number of carbonyl (C=O) groups is 1. The number of anilines is 1. The lowest BCUT2D eigenvalue weighted by Gasteiger charge is -2.11. The normalized spacial score (nSPS) is 17.0. The average molecular weight is 434 g/mol. The van der Waals surface area contributed by atoms with Crippen molar-refractivity contribution >= 4 is 62.5 Å². The highest BCUT2D eigenvalue weighted by Crippen LogP contribution is 2.42. The summed E-state index contributed by atoms with van der Waals surface area (Å²) in [5.41, 5.74) is 1.79. The van der Waals surface area contributed by atoms with Gasteiger partial charge in [0.05, 0.1) is 0 Å². The number of thioether (sulfide) groups is 1. The number of hydrogen-bond donors (Lipinski definition) is 1. The molecule has 1 amide bonds. The lowest BCUT2D eigenvalue weighted by molar-refractivity contribution is -0.117. The summed E-state index contributed by atoms with van der Waals surface area (Å²) in [6.07, 6.45) is 2.29. The Labute approximate surface area is 174 Å². The first-order valence-electron chi connectivity index (χ1n) is 8.05. The highest BCUT2D eigenvalue weighted by Gasteiger charge is 2.40. The van der Waals surface area contributed by atoms with Crippen LogP contribution < -0.4 is 4.90 Å². The van der Waals surface area contributed by atoms with Crippen LogP contribution in [0.2, 0.25) is 10.0 Å². The minimum atomic E-state index is -0.409. The highest BCUT2D eigenvalue weighted by molar-refractivity contribution is 8.15. The van der Waals surface area contributed by atoms with E-state index in [4.69, 9.17) is 28.6 Å². The minimum Gasteiger partial charge on any atom is -0.278 e. The molecule has 2 aromatic carbocycles. The molecule has 136 valence electrons. The predicted octanol–water partition coefficient (Wildman–Crippen LogP) is 5.80. The fraction of sp³-hybridized carbons (Fsp3) is 0.105. The standard InChI is InChI=1S/C19H13Cl2N3OS2/c20-13-6-7-15(21)12(8-13)9-14-10-23-19(26-14)24-17(25)16(27-18(24)22)11-4-2-1-3-5-11/h1-8,10,16,22H,9H2. The van der Waals surface area contributed by atoms with Gasteiger partial charge in [0, 0.05) is 27.5 Å². The molecule has 1 atom stereocenters. The smallest absolute Gasteiger partial charge is 0.253 e. The monoisotopic (exact) mass is 433 g/mol. The maximum atomic E-state index is 12.9. The molecule has 1 aliphatic rings. The van der Waals surface area contributed by atoms with Crippen molar-refractivity contribution in [2.45, 2.75) is 11.7 Å². The van der Waals surface area contributed by atoms with Crippen molar-refractivity contribution in [3.8, 4) is 0 Å². The summed E-state index contributed by atoms with van der Waals surface area (Å²) in [7, 11) is 0. The van der Waals surface area contributed by atoms with E-state index in [1.165, 1.54) is 28.0 Å². The fourth-order valence-electron chi connectivity index (χ4n) is 2.80. The third-order valence-electron chi connectivity index (χ3n) is 4.08. The maximum absolute atomic E-state index is 12.9. The number of carbonyl (C=O) groups excluding carboxylic acids is 1. The van der Waals surface area contributed by atoms with Crippen LogP contribution in [0.25, 0.3) is 0 Å². The van der Waals surface area contributed by atoms with E-state index in [2.05, 4.69) is 4.98 Å². The van der Waals surface area contributed by atoms with E-state index in [-0.39, 0.29) is 11.1 Å². The van der Waals surface area contributed by atoms with Crippen molar-refractivity contribution in [1.82, 2.24) is 4.98 Å². The van der Waals surface area contributed by atoms with Gasteiger partial charge in [0.15, 0.2) is 10.3 Å². The maximum Gasteiger partial charge on any atom is 0.253 e. The molecular formula is C19H13Cl2N3OS2. The molecule has 0 aliphatic carbocycles. The van der Waals surface area contributed by atoms with Gasteiger partial charge in [-0.25, -0.2) is 9.88 Å². The van der Waals surface area contributed by atoms with Gasteiger partial charge in [-0.2, -0.15) is 0 Å². The van der Waals surface area contributed by atoms with E-state index < -0.39 is 5.25 Å². The van der Waals surface area contributed by atoms with Gasteiger partial charge in [0.2, 0.25) is 0 Å². The van der Waals surface area contributed by atoms with Crippen LogP contribution in [0.1, 0.15) is 21.3 Å². The van der Waals surface area contributed by atoms with Gasteiger partial charge >= 0.3 is 0 Å². The molecule has 1 N–H and O–H groups in total. The van der Waals surface area contributed by atoms with Crippen molar-refractivity contribution in [3.63, 3.8) is 0 Å². The number of amidine groups is 1. The zero-order valence-corrected chi connectivity index (χ0v) is 17.0. The van der Waals surface area contributed by atoms with E-state index in [1.807, 2.05) is 36.4 Å². The van der Waals surface area contributed by atoms with Crippen molar-refractivity contribution in [3.05, 3.63) is 80.8 Å². The zero-order chi connectivity index (χ0) is 19.0. The van der Waals surface area contributed by atoms with Gasteiger partial charge in [-0.1, -0.05) is 65.3 Å². The lowest BCUT2D eigenvalue weighted by atomic mass is 10.1. The number of benzene rings is 2. The molecule has 0 radical (unpaired) electrons. The molecule has 0 saturated carbocycles. The molecule has 8 heteroatoms. The molecule has 2 heterocycles. The van der Waals surface area contributed by atoms with Crippen LogP contribution in [0.5, 0.6) is 0 Å². The molecule has 1 aromatic heterocycles. The Morgan fingerprint density at radius 2 is 1.93 bits per heavy atom. The highest BCUT2D eigenvalue weighted by atomic mass is 35.5. The summed E-state index contributed by atoms with van der Waals surface area (Å²) in [6.45, 7) is 0. The van der Waals surface area contributed by atoms with E-state index in [0.29, 0.717) is 21.6 Å². The third kappa shape index (κ3) is 3.75. The summed E-state index contributed by atoms with van der Waals surface area (Å²) in [5, 5.41) is 9.79. The second-order valence-corrected chi connectivity index (χ2v) is 8.94. The number of nitrogens with one attached hydrogen (secondary N) is 1. The van der Waals surface area contributed by atoms with E-state index in [9.17, 15) is 4.79 Å². The summed E-state index contributed by atoms with van der Waals surface area (Å²) >= 11 is 14.9. The van der Waals surface area contributed by atoms with Crippen LogP contribution in [0, 0.1) is 5.41 Å². The Hall–Kier alpha value is -1.86. The Morgan fingerprint density at radius 1 is 1.15 bits per heavy atom. The Balaban J connectivity index is 1.57. The van der Waals surface area contributed by atoms with Crippen molar-refractivity contribution in [1.29, 1.82) is 5.41 Å². The second-order valence-electron chi connectivity index (χ2n) is 5.91. The summed E-state index contributed by atoms with van der Waals surface area (Å²) in [4.78, 5) is 19.6. The van der Waals surface area contributed by atoms with E-state index >= 15 is 0 Å². The molecule has 1 unspecified atom stereocenters. The zero-order valence-electron chi connectivity index (χ0n) is 13.9. The largest absolute Gasteiger partial charge is 0.278 e. The number of aromatic nitrogens is 1. The van der Waals surface area contributed by atoms with Gasteiger partial charge < -0.3 is 0 Å². The van der Waals surface area contributed by atoms with Crippen molar-refractivity contribution in [2.24, 2.45) is 0 Å². The van der Waals surface area contributed by atoms with Gasteiger partial charge in [0.1, 0.15) is 5.25 Å². The van der Waals surface area contributed by atoms with Crippen LogP contribution in [-0.4, -0.2) is 16.1 Å². The molecule has 0 spiro atoms. The molecule has 3 aromatic rings. The predicted molar refractivity (Wildman–Crippen MR) is 113 cm³/mol. The first kappa shape index (κ1) is 18.5. The molecule has 27 heavy (non-hydrogen) atoms. The number of hydrogen-bond acceptors (Lipinski definition) is 5. The lowest BCUT2D eigenvalue weighted by Crippen LogP contribution is -2.29. The molecule has 0 bridgehead atoms. The average Bonchev–Trinajstić information content (AvgIpc) is 3.22. The van der Waals surface area contributed by atoms with Gasteiger partial charge in [-0.05, 0) is 29.3 Å². The SMILES string of the molecule is N=C1SC(c2ccccc2)C(=O)N1c1ncc(Cc2cc(Cl)ccc2Cl)s1. The third-order valence-corrected chi connectivity index (χ3v) is 6.79. The molecule has 4 nitrogen and oxygen atoms in total. The Morgan fingerprint density at radius 3 is 2.70 bits per heavy atom. The van der Waals surface area contributed by atoms with Crippen LogP contribution in [-0.2, 0) is 11.2 Å². The number of nitrogens with zero attached hydrogens (tertiary/aromatic N) is 2. The van der Waals surface area contributed by atoms with Crippen molar-refractivity contribution in [2.75, 3.05) is 4.90 Å². The minimum absolute atomic E-state index is 0.141. The quantitative estimate of drug-likeness (QED) is 0.565. The number of amides is 1. The Bertz CT molecular complexity index is 1020. The second kappa shape index (κ2) is 7.64. The number of thiazole rings is 1. The number of halogens is 2. The van der Waals surface area contributed by atoms with Gasteiger partial charge in [-0.15, -0.1) is 11.3 Å². The van der Waals surface area contributed by atoms with Crippen molar-refractivity contribution < 1.29 is 4.79 Å². The first-order chi connectivity index (χ1) is 13.0. The molecule has 1 aliphatic heterocycles. The van der Waals surface area contributed by atoms with E-state index in [0.717, 1.165) is 16.0 Å². The van der Waals surface area contributed by atoms with Crippen LogP contribution in [0.3, 0.4) is 0 Å². The van der Waals surface area contributed by atoms with Crippen LogP contribution in [0.4, 0.5) is 5.13 Å². The van der Waals surface area contributed by atoms with E-state index in [1.54, 1.807) is 18.3 Å². The van der Waals surface area contributed by atoms with Crippen LogP contribution >= 0.6 is 46.3 Å².